The Balaban J connectivity index is 2.52. The number of nitrogens with zero attached hydrogens (tertiary/aromatic N) is 5. The fourth-order valence-electron chi connectivity index (χ4n) is 2.11. The molecule has 9 nitrogen and oxygen atoms in total. The fourth-order valence-corrected chi connectivity index (χ4v) is 2.11. The number of carbonyl (C=O) groups is 1. The lowest BCUT2D eigenvalue weighted by molar-refractivity contribution is -0.385. The van der Waals surface area contributed by atoms with E-state index in [0.717, 1.165) is 10.9 Å². The van der Waals surface area contributed by atoms with Gasteiger partial charge in [0.1, 0.15) is 6.20 Å². The first-order valence-electron chi connectivity index (χ1n) is 6.39. The molecule has 1 atom stereocenters. The SMILES string of the molecule is CCC1=NN(C(=O)c2nn(C)cc2[N+](=O)[O-])[C@](O)(C(F)(F)F)C1. The quantitative estimate of drug-likeness (QED) is 0.658. The van der Waals surface area contributed by atoms with Gasteiger partial charge in [-0.3, -0.25) is 19.6 Å². The summed E-state index contributed by atoms with van der Waals surface area (Å²) in [5.74, 6) is -1.50. The van der Waals surface area contributed by atoms with Crippen LogP contribution >= 0.6 is 0 Å². The van der Waals surface area contributed by atoms with Gasteiger partial charge in [-0.2, -0.15) is 28.4 Å². The Morgan fingerprint density at radius 1 is 1.57 bits per heavy atom. The summed E-state index contributed by atoms with van der Waals surface area (Å²) in [7, 11) is 1.27. The number of rotatable bonds is 3. The van der Waals surface area contributed by atoms with Crippen molar-refractivity contribution >= 4 is 17.3 Å². The van der Waals surface area contributed by atoms with E-state index in [-0.39, 0.29) is 17.1 Å². The highest BCUT2D eigenvalue weighted by atomic mass is 19.4. The van der Waals surface area contributed by atoms with Gasteiger partial charge in [0.2, 0.25) is 5.69 Å². The van der Waals surface area contributed by atoms with E-state index in [1.54, 1.807) is 0 Å². The summed E-state index contributed by atoms with van der Waals surface area (Å²) in [6.45, 7) is 1.51. The van der Waals surface area contributed by atoms with Crippen LogP contribution in [0.25, 0.3) is 0 Å². The predicted molar refractivity (Wildman–Crippen MR) is 69.4 cm³/mol. The van der Waals surface area contributed by atoms with Crippen LogP contribution < -0.4 is 0 Å². The van der Waals surface area contributed by atoms with Crippen LogP contribution in [0, 0.1) is 10.1 Å². The van der Waals surface area contributed by atoms with Gasteiger partial charge in [-0.1, -0.05) is 6.92 Å². The van der Waals surface area contributed by atoms with E-state index in [2.05, 4.69) is 10.2 Å². The number of aliphatic hydroxyl groups is 1. The second-order valence-electron chi connectivity index (χ2n) is 4.92. The lowest BCUT2D eigenvalue weighted by Gasteiger charge is -2.32. The zero-order chi connectivity index (χ0) is 17.6. The Hall–Kier alpha value is -2.50. The number of nitro groups is 1. The number of amides is 1. The average molecular weight is 335 g/mol. The van der Waals surface area contributed by atoms with Crippen LogP contribution in [0.2, 0.25) is 0 Å². The molecule has 1 N–H and O–H groups in total. The van der Waals surface area contributed by atoms with Crippen LogP contribution in [0.4, 0.5) is 18.9 Å². The van der Waals surface area contributed by atoms with Crippen molar-refractivity contribution in [2.24, 2.45) is 12.1 Å². The number of aryl methyl sites for hydroxylation is 1. The molecule has 0 saturated heterocycles. The maximum atomic E-state index is 13.2. The molecule has 1 aliphatic rings. The number of alkyl halides is 3. The molecule has 0 radical (unpaired) electrons. The van der Waals surface area contributed by atoms with E-state index in [1.807, 2.05) is 0 Å². The molecule has 0 bridgehead atoms. The van der Waals surface area contributed by atoms with Gasteiger partial charge < -0.3 is 5.11 Å². The summed E-state index contributed by atoms with van der Waals surface area (Å²) < 4.78 is 40.4. The number of hydrazone groups is 1. The molecular formula is C11H12F3N5O4. The number of hydrogen-bond acceptors (Lipinski definition) is 6. The van der Waals surface area contributed by atoms with Gasteiger partial charge in [0, 0.05) is 19.2 Å². The smallest absolute Gasteiger partial charge is 0.362 e. The lowest BCUT2D eigenvalue weighted by atomic mass is 10.0. The first-order chi connectivity index (χ1) is 10.5. The predicted octanol–water partition coefficient (Wildman–Crippen LogP) is 1.19. The maximum Gasteiger partial charge on any atom is 0.438 e. The minimum absolute atomic E-state index is 0.0586. The Morgan fingerprint density at radius 2 is 2.17 bits per heavy atom. The zero-order valence-electron chi connectivity index (χ0n) is 12.0. The fraction of sp³-hybridized carbons (Fsp3) is 0.545. The summed E-state index contributed by atoms with van der Waals surface area (Å²) >= 11 is 0. The molecule has 0 saturated carbocycles. The minimum Gasteiger partial charge on any atom is -0.362 e. The van der Waals surface area contributed by atoms with E-state index in [9.17, 15) is 33.2 Å². The molecule has 1 amide bonds. The highest BCUT2D eigenvalue weighted by molar-refractivity contribution is 5.99. The molecule has 0 unspecified atom stereocenters. The molecule has 0 aliphatic carbocycles. The molecule has 23 heavy (non-hydrogen) atoms. The van der Waals surface area contributed by atoms with Crippen molar-refractivity contribution in [3.63, 3.8) is 0 Å². The Bertz CT molecular complexity index is 698. The summed E-state index contributed by atoms with van der Waals surface area (Å²) in [6.07, 6.45) is -5.15. The second kappa shape index (κ2) is 5.30. The van der Waals surface area contributed by atoms with Crippen LogP contribution in [0.5, 0.6) is 0 Å². The highest BCUT2D eigenvalue weighted by Gasteiger charge is 2.63. The summed E-state index contributed by atoms with van der Waals surface area (Å²) in [5.41, 5.74) is -5.22. The monoisotopic (exact) mass is 335 g/mol. The molecule has 1 aromatic rings. The number of carbonyl (C=O) groups excluding carboxylic acids is 1. The van der Waals surface area contributed by atoms with E-state index < -0.39 is 40.5 Å². The molecule has 126 valence electrons. The molecule has 2 heterocycles. The molecule has 0 spiro atoms. The summed E-state index contributed by atoms with van der Waals surface area (Å²) in [5, 5.41) is 27.6. The average Bonchev–Trinajstić information content (AvgIpc) is 2.99. The van der Waals surface area contributed by atoms with Gasteiger partial charge in [-0.25, -0.2) is 0 Å². The van der Waals surface area contributed by atoms with Crippen molar-refractivity contribution in [1.29, 1.82) is 0 Å². The van der Waals surface area contributed by atoms with Crippen LogP contribution in [0.15, 0.2) is 11.3 Å². The molecule has 1 aliphatic heterocycles. The van der Waals surface area contributed by atoms with Gasteiger partial charge in [-0.15, -0.1) is 0 Å². The third-order valence-corrected chi connectivity index (χ3v) is 3.31. The topological polar surface area (TPSA) is 114 Å². The highest BCUT2D eigenvalue weighted by Crippen LogP contribution is 2.41. The van der Waals surface area contributed by atoms with Crippen molar-refractivity contribution in [1.82, 2.24) is 14.8 Å². The minimum atomic E-state index is -5.19. The largest absolute Gasteiger partial charge is 0.438 e. The number of hydrogen-bond donors (Lipinski definition) is 1. The maximum absolute atomic E-state index is 13.2. The zero-order valence-corrected chi connectivity index (χ0v) is 12.0. The van der Waals surface area contributed by atoms with Crippen LogP contribution in [0.1, 0.15) is 30.3 Å². The van der Waals surface area contributed by atoms with E-state index in [4.69, 9.17) is 0 Å². The Kier molecular flexibility index (Phi) is 3.88. The van der Waals surface area contributed by atoms with Gasteiger partial charge in [0.05, 0.1) is 4.92 Å². The van der Waals surface area contributed by atoms with Crippen LogP contribution in [0.3, 0.4) is 0 Å². The standard InChI is InChI=1S/C11H12F3N5O4/c1-3-6-4-10(21,11(12,13)14)18(15-6)9(20)8-7(19(22)23)5-17(2)16-8/h5,21H,3-4H2,1-2H3/t10-/m1/s1. The van der Waals surface area contributed by atoms with Crippen LogP contribution in [-0.4, -0.2) is 48.3 Å². The van der Waals surface area contributed by atoms with Gasteiger partial charge in [-0.05, 0) is 6.42 Å². The molecule has 1 aromatic heterocycles. The third kappa shape index (κ3) is 2.65. The van der Waals surface area contributed by atoms with Crippen molar-refractivity contribution in [2.45, 2.75) is 31.7 Å². The van der Waals surface area contributed by atoms with Crippen molar-refractivity contribution in [2.75, 3.05) is 0 Å². The summed E-state index contributed by atoms with van der Waals surface area (Å²) in [4.78, 5) is 22.2. The lowest BCUT2D eigenvalue weighted by Crippen LogP contribution is -2.56. The molecular weight excluding hydrogens is 323 g/mol. The second-order valence-corrected chi connectivity index (χ2v) is 4.92. The number of aromatic nitrogens is 2. The van der Waals surface area contributed by atoms with Crippen molar-refractivity contribution < 1.29 is 28.0 Å². The molecule has 0 fully saturated rings. The molecule has 12 heteroatoms. The van der Waals surface area contributed by atoms with Crippen LogP contribution in [-0.2, 0) is 7.05 Å². The van der Waals surface area contributed by atoms with Gasteiger partial charge in [0.25, 0.3) is 5.72 Å². The number of halogens is 3. The van der Waals surface area contributed by atoms with Gasteiger partial charge in [0.15, 0.2) is 0 Å². The van der Waals surface area contributed by atoms with Gasteiger partial charge >= 0.3 is 17.8 Å². The Labute approximate surface area is 127 Å². The first kappa shape index (κ1) is 16.9. The summed E-state index contributed by atoms with van der Waals surface area (Å²) in [6, 6.07) is 0. The van der Waals surface area contributed by atoms with Crippen molar-refractivity contribution in [3.05, 3.63) is 22.0 Å². The normalized spacial score (nSPS) is 21.5. The molecule has 2 rings (SSSR count). The molecule has 0 aromatic carbocycles. The van der Waals surface area contributed by atoms with Crippen molar-refractivity contribution in [3.8, 4) is 0 Å². The first-order valence-corrected chi connectivity index (χ1v) is 6.39. The Morgan fingerprint density at radius 3 is 2.65 bits per heavy atom. The third-order valence-electron chi connectivity index (χ3n) is 3.31. The van der Waals surface area contributed by atoms with E-state index in [1.165, 1.54) is 14.0 Å². The van der Waals surface area contributed by atoms with E-state index in [0.29, 0.717) is 0 Å². The van der Waals surface area contributed by atoms with E-state index >= 15 is 0 Å².